The zero-order valence-corrected chi connectivity index (χ0v) is 12.8. The standard InChI is InChI=1S/C15H20ClN3O/c1-4-14-12(9-19(2)18-14)13(17)8-10-7-11(16)5-6-15(10)20-3/h5-7,9,13H,4,8,17H2,1-3H3. The number of nitrogens with zero attached hydrogens (tertiary/aromatic N) is 2. The molecule has 0 saturated heterocycles. The Morgan fingerprint density at radius 3 is 2.85 bits per heavy atom. The van der Waals surface area contributed by atoms with Crippen molar-refractivity contribution in [2.75, 3.05) is 7.11 Å². The Balaban J connectivity index is 2.27. The maximum Gasteiger partial charge on any atom is 0.122 e. The van der Waals surface area contributed by atoms with Crippen LogP contribution in [-0.4, -0.2) is 16.9 Å². The molecular formula is C15H20ClN3O. The summed E-state index contributed by atoms with van der Waals surface area (Å²) in [6, 6.07) is 5.47. The molecule has 0 fully saturated rings. The van der Waals surface area contributed by atoms with Gasteiger partial charge in [0.25, 0.3) is 0 Å². The van der Waals surface area contributed by atoms with Crippen LogP contribution in [0.25, 0.3) is 0 Å². The van der Waals surface area contributed by atoms with Gasteiger partial charge in [-0.25, -0.2) is 0 Å². The lowest BCUT2D eigenvalue weighted by atomic mass is 9.99. The molecule has 1 aromatic heterocycles. The minimum Gasteiger partial charge on any atom is -0.496 e. The summed E-state index contributed by atoms with van der Waals surface area (Å²) in [7, 11) is 3.56. The molecule has 0 aliphatic carbocycles. The zero-order valence-electron chi connectivity index (χ0n) is 12.1. The Bertz CT molecular complexity index is 595. The molecule has 1 unspecified atom stereocenters. The Kier molecular flexibility index (Phi) is 4.68. The summed E-state index contributed by atoms with van der Waals surface area (Å²) in [6.07, 6.45) is 3.53. The highest BCUT2D eigenvalue weighted by Crippen LogP contribution is 2.27. The van der Waals surface area contributed by atoms with E-state index in [1.807, 2.05) is 36.1 Å². The van der Waals surface area contributed by atoms with Crippen LogP contribution in [0.2, 0.25) is 5.02 Å². The Labute approximate surface area is 124 Å². The molecule has 108 valence electrons. The minimum absolute atomic E-state index is 0.119. The maximum absolute atomic E-state index is 6.34. The average molecular weight is 294 g/mol. The van der Waals surface area contributed by atoms with Gasteiger partial charge in [0, 0.05) is 29.9 Å². The van der Waals surface area contributed by atoms with E-state index in [1.165, 1.54) is 0 Å². The van der Waals surface area contributed by atoms with E-state index in [9.17, 15) is 0 Å². The van der Waals surface area contributed by atoms with Crippen LogP contribution in [-0.2, 0) is 19.9 Å². The predicted octanol–water partition coefficient (Wildman–Crippen LogP) is 2.89. The lowest BCUT2D eigenvalue weighted by Crippen LogP contribution is -2.15. The van der Waals surface area contributed by atoms with Gasteiger partial charge in [-0.3, -0.25) is 4.68 Å². The topological polar surface area (TPSA) is 53.1 Å². The first-order valence-corrected chi connectivity index (χ1v) is 7.03. The van der Waals surface area contributed by atoms with Crippen LogP contribution in [0.5, 0.6) is 5.75 Å². The van der Waals surface area contributed by atoms with Crippen LogP contribution in [0.1, 0.15) is 29.8 Å². The highest BCUT2D eigenvalue weighted by Gasteiger charge is 2.16. The second kappa shape index (κ2) is 6.29. The molecule has 1 heterocycles. The van der Waals surface area contributed by atoms with Crippen LogP contribution in [0.4, 0.5) is 0 Å². The molecule has 0 saturated carbocycles. The van der Waals surface area contributed by atoms with Gasteiger partial charge in [0.15, 0.2) is 0 Å². The van der Waals surface area contributed by atoms with Gasteiger partial charge in [-0.15, -0.1) is 0 Å². The number of aromatic nitrogens is 2. The second-order valence-corrected chi connectivity index (χ2v) is 5.26. The number of rotatable bonds is 5. The second-order valence-electron chi connectivity index (χ2n) is 4.83. The number of methoxy groups -OCH3 is 1. The number of benzene rings is 1. The normalized spacial score (nSPS) is 12.4. The van der Waals surface area contributed by atoms with E-state index in [4.69, 9.17) is 22.1 Å². The minimum atomic E-state index is -0.119. The van der Waals surface area contributed by atoms with E-state index in [0.29, 0.717) is 11.4 Å². The van der Waals surface area contributed by atoms with Crippen LogP contribution in [0.15, 0.2) is 24.4 Å². The molecule has 2 aromatic rings. The van der Waals surface area contributed by atoms with Crippen LogP contribution < -0.4 is 10.5 Å². The summed E-state index contributed by atoms with van der Waals surface area (Å²) in [5.74, 6) is 0.812. The van der Waals surface area contributed by atoms with Gasteiger partial charge < -0.3 is 10.5 Å². The lowest BCUT2D eigenvalue weighted by molar-refractivity contribution is 0.408. The van der Waals surface area contributed by atoms with Gasteiger partial charge in [0.1, 0.15) is 5.75 Å². The number of ether oxygens (including phenoxy) is 1. The van der Waals surface area contributed by atoms with E-state index in [1.54, 1.807) is 7.11 Å². The lowest BCUT2D eigenvalue weighted by Gasteiger charge is -2.14. The molecule has 0 aliphatic rings. The molecule has 4 nitrogen and oxygen atoms in total. The van der Waals surface area contributed by atoms with Gasteiger partial charge in [-0.1, -0.05) is 18.5 Å². The van der Waals surface area contributed by atoms with Gasteiger partial charge >= 0.3 is 0 Å². The van der Waals surface area contributed by atoms with E-state index in [-0.39, 0.29) is 6.04 Å². The molecule has 0 bridgehead atoms. The van der Waals surface area contributed by atoms with Crippen molar-refractivity contribution in [3.63, 3.8) is 0 Å². The number of aryl methyl sites for hydroxylation is 2. The van der Waals surface area contributed by atoms with Gasteiger partial charge in [-0.05, 0) is 36.6 Å². The first kappa shape index (κ1) is 14.9. The summed E-state index contributed by atoms with van der Waals surface area (Å²) in [6.45, 7) is 2.08. The van der Waals surface area contributed by atoms with Crippen molar-refractivity contribution in [1.82, 2.24) is 9.78 Å². The molecule has 0 spiro atoms. The fourth-order valence-corrected chi connectivity index (χ4v) is 2.59. The fourth-order valence-electron chi connectivity index (χ4n) is 2.39. The van der Waals surface area contributed by atoms with Crippen molar-refractivity contribution in [3.8, 4) is 5.75 Å². The third kappa shape index (κ3) is 3.14. The summed E-state index contributed by atoms with van der Waals surface area (Å²) in [5, 5.41) is 5.12. The van der Waals surface area contributed by atoms with Crippen LogP contribution in [0, 0.1) is 0 Å². The molecule has 1 atom stereocenters. The van der Waals surface area contributed by atoms with E-state index in [2.05, 4.69) is 12.0 Å². The number of hydrogen-bond donors (Lipinski definition) is 1. The first-order chi connectivity index (χ1) is 9.55. The fraction of sp³-hybridized carbons (Fsp3) is 0.400. The predicted molar refractivity (Wildman–Crippen MR) is 81.2 cm³/mol. The Morgan fingerprint density at radius 2 is 2.20 bits per heavy atom. The highest BCUT2D eigenvalue weighted by molar-refractivity contribution is 6.30. The Hall–Kier alpha value is -1.52. The third-order valence-electron chi connectivity index (χ3n) is 3.35. The van der Waals surface area contributed by atoms with Crippen LogP contribution >= 0.6 is 11.6 Å². The molecule has 2 rings (SSSR count). The van der Waals surface area contributed by atoms with E-state index in [0.717, 1.165) is 29.0 Å². The largest absolute Gasteiger partial charge is 0.496 e. The molecule has 5 heteroatoms. The van der Waals surface area contributed by atoms with Gasteiger partial charge in [0.2, 0.25) is 0 Å². The SMILES string of the molecule is CCc1nn(C)cc1C(N)Cc1cc(Cl)ccc1OC. The molecule has 20 heavy (non-hydrogen) atoms. The molecular weight excluding hydrogens is 274 g/mol. The van der Waals surface area contributed by atoms with Crippen molar-refractivity contribution in [2.24, 2.45) is 12.8 Å². The highest BCUT2D eigenvalue weighted by atomic mass is 35.5. The smallest absolute Gasteiger partial charge is 0.122 e. The van der Waals surface area contributed by atoms with Crippen molar-refractivity contribution in [2.45, 2.75) is 25.8 Å². The molecule has 0 amide bonds. The van der Waals surface area contributed by atoms with Crippen LogP contribution in [0.3, 0.4) is 0 Å². The van der Waals surface area contributed by atoms with E-state index >= 15 is 0 Å². The summed E-state index contributed by atoms with van der Waals surface area (Å²) in [5.41, 5.74) is 9.47. The summed E-state index contributed by atoms with van der Waals surface area (Å²) >= 11 is 6.05. The molecule has 1 aromatic carbocycles. The Morgan fingerprint density at radius 1 is 1.45 bits per heavy atom. The molecule has 2 N–H and O–H groups in total. The zero-order chi connectivity index (χ0) is 14.7. The number of hydrogen-bond acceptors (Lipinski definition) is 3. The molecule has 0 radical (unpaired) electrons. The average Bonchev–Trinajstić information content (AvgIpc) is 2.80. The van der Waals surface area contributed by atoms with Crippen molar-refractivity contribution < 1.29 is 4.74 Å². The number of nitrogens with two attached hydrogens (primary N) is 1. The van der Waals surface area contributed by atoms with Crippen molar-refractivity contribution in [1.29, 1.82) is 0 Å². The maximum atomic E-state index is 6.34. The summed E-state index contributed by atoms with van der Waals surface area (Å²) < 4.78 is 7.17. The van der Waals surface area contributed by atoms with E-state index < -0.39 is 0 Å². The third-order valence-corrected chi connectivity index (χ3v) is 3.59. The molecule has 0 aliphatic heterocycles. The van der Waals surface area contributed by atoms with Gasteiger partial charge in [-0.2, -0.15) is 5.10 Å². The summed E-state index contributed by atoms with van der Waals surface area (Å²) in [4.78, 5) is 0. The monoisotopic (exact) mass is 293 g/mol. The van der Waals surface area contributed by atoms with Crippen molar-refractivity contribution in [3.05, 3.63) is 46.2 Å². The van der Waals surface area contributed by atoms with Crippen molar-refractivity contribution >= 4 is 11.6 Å². The number of halogens is 1. The first-order valence-electron chi connectivity index (χ1n) is 6.65. The quantitative estimate of drug-likeness (QED) is 0.922. The van der Waals surface area contributed by atoms with Gasteiger partial charge in [0.05, 0.1) is 12.8 Å².